The number of hydrogen-bond acceptors (Lipinski definition) is 2. The Morgan fingerprint density at radius 3 is 2.76 bits per heavy atom. The zero-order valence-corrected chi connectivity index (χ0v) is 13.5. The van der Waals surface area contributed by atoms with Gasteiger partial charge in [0, 0.05) is 14.9 Å². The molecule has 0 aliphatic carbocycles. The second-order valence-electron chi connectivity index (χ2n) is 4.76. The lowest BCUT2D eigenvalue weighted by atomic mass is 10.2. The van der Waals surface area contributed by atoms with Gasteiger partial charge in [-0.25, -0.2) is 4.39 Å². The van der Waals surface area contributed by atoms with E-state index in [0.29, 0.717) is 4.88 Å². The van der Waals surface area contributed by atoms with Gasteiger partial charge >= 0.3 is 0 Å². The molecule has 1 aromatic heterocycles. The molecule has 0 aliphatic rings. The van der Waals surface area contributed by atoms with E-state index < -0.39 is 0 Å². The minimum atomic E-state index is -0.293. The van der Waals surface area contributed by atoms with Gasteiger partial charge in [0.25, 0.3) is 5.91 Å². The van der Waals surface area contributed by atoms with Crippen LogP contribution in [0.4, 0.5) is 10.1 Å². The summed E-state index contributed by atoms with van der Waals surface area (Å²) in [7, 11) is 0. The number of hydrogen-bond donors (Lipinski definition) is 1. The third-order valence-corrected chi connectivity index (χ3v) is 4.56. The number of thiophene rings is 1. The fourth-order valence-corrected chi connectivity index (χ4v) is 3.71. The average molecular weight is 364 g/mol. The van der Waals surface area contributed by atoms with Crippen LogP contribution in [0, 0.1) is 12.7 Å². The van der Waals surface area contributed by atoms with Gasteiger partial charge in [-0.15, -0.1) is 11.3 Å². The topological polar surface area (TPSA) is 29.1 Å². The van der Waals surface area contributed by atoms with Gasteiger partial charge in [-0.05, 0) is 54.3 Å². The zero-order valence-electron chi connectivity index (χ0n) is 11.1. The van der Waals surface area contributed by atoms with E-state index in [2.05, 4.69) is 21.2 Å². The van der Waals surface area contributed by atoms with Crippen LogP contribution in [-0.2, 0) is 0 Å². The molecule has 2 aromatic carbocycles. The van der Waals surface area contributed by atoms with Crippen LogP contribution in [0.3, 0.4) is 0 Å². The zero-order chi connectivity index (χ0) is 15.0. The lowest BCUT2D eigenvalue weighted by Gasteiger charge is -2.05. The lowest BCUT2D eigenvalue weighted by Crippen LogP contribution is -2.10. The molecule has 5 heteroatoms. The van der Waals surface area contributed by atoms with Crippen molar-refractivity contribution in [1.29, 1.82) is 0 Å². The molecule has 0 saturated heterocycles. The number of rotatable bonds is 2. The monoisotopic (exact) mass is 363 g/mol. The molecule has 1 amide bonds. The van der Waals surface area contributed by atoms with Gasteiger partial charge in [-0.1, -0.05) is 22.0 Å². The molecule has 0 bridgehead atoms. The van der Waals surface area contributed by atoms with Gasteiger partial charge in [0.15, 0.2) is 0 Å². The van der Waals surface area contributed by atoms with Crippen molar-refractivity contribution in [3.05, 3.63) is 63.2 Å². The molecule has 21 heavy (non-hydrogen) atoms. The van der Waals surface area contributed by atoms with E-state index in [9.17, 15) is 9.18 Å². The predicted molar refractivity (Wildman–Crippen MR) is 88.6 cm³/mol. The molecule has 0 fully saturated rings. The van der Waals surface area contributed by atoms with Crippen LogP contribution in [0.5, 0.6) is 0 Å². The summed E-state index contributed by atoms with van der Waals surface area (Å²) in [5.74, 6) is -0.479. The number of benzene rings is 2. The number of carbonyl (C=O) groups excluding carboxylic acids is 1. The van der Waals surface area contributed by atoms with Crippen molar-refractivity contribution in [3.8, 4) is 0 Å². The maximum absolute atomic E-state index is 13.2. The van der Waals surface area contributed by atoms with E-state index in [4.69, 9.17) is 0 Å². The highest BCUT2D eigenvalue weighted by Gasteiger charge is 2.11. The van der Waals surface area contributed by atoms with Crippen molar-refractivity contribution in [2.45, 2.75) is 6.92 Å². The Balaban J connectivity index is 1.89. The van der Waals surface area contributed by atoms with Gasteiger partial charge in [0.1, 0.15) is 5.82 Å². The Kier molecular flexibility index (Phi) is 3.78. The van der Waals surface area contributed by atoms with Gasteiger partial charge in [-0.3, -0.25) is 4.79 Å². The highest BCUT2D eigenvalue weighted by Crippen LogP contribution is 2.27. The first-order valence-corrected chi connectivity index (χ1v) is 7.90. The second kappa shape index (κ2) is 5.58. The number of anilines is 1. The summed E-state index contributed by atoms with van der Waals surface area (Å²) in [6.07, 6.45) is 0. The Hall–Kier alpha value is -1.72. The van der Waals surface area contributed by atoms with Gasteiger partial charge in [-0.2, -0.15) is 0 Å². The van der Waals surface area contributed by atoms with Crippen molar-refractivity contribution < 1.29 is 9.18 Å². The molecule has 3 rings (SSSR count). The van der Waals surface area contributed by atoms with Crippen molar-refractivity contribution >= 4 is 48.9 Å². The fourth-order valence-electron chi connectivity index (χ4n) is 2.12. The van der Waals surface area contributed by atoms with Crippen molar-refractivity contribution in [2.24, 2.45) is 0 Å². The van der Waals surface area contributed by atoms with Crippen LogP contribution in [0.15, 0.2) is 46.9 Å². The first-order chi connectivity index (χ1) is 10.0. The highest BCUT2D eigenvalue weighted by molar-refractivity contribution is 9.10. The Morgan fingerprint density at radius 2 is 2.00 bits per heavy atom. The summed E-state index contributed by atoms with van der Waals surface area (Å²) < 4.78 is 14.9. The third kappa shape index (κ3) is 3.14. The van der Waals surface area contributed by atoms with Gasteiger partial charge < -0.3 is 5.32 Å². The van der Waals surface area contributed by atoms with Crippen LogP contribution in [0.1, 0.15) is 15.2 Å². The number of fused-ring (bicyclic) bond motifs is 1. The SMILES string of the molecule is Cc1cc(Br)cc(NC(=O)c2cc3ccc(F)cc3s2)c1. The predicted octanol–water partition coefficient (Wildman–Crippen LogP) is 5.36. The molecule has 1 N–H and O–H groups in total. The summed E-state index contributed by atoms with van der Waals surface area (Å²) in [6.45, 7) is 1.96. The van der Waals surface area contributed by atoms with E-state index in [-0.39, 0.29) is 11.7 Å². The number of nitrogens with one attached hydrogen (secondary N) is 1. The van der Waals surface area contributed by atoms with Crippen LogP contribution in [0.25, 0.3) is 10.1 Å². The van der Waals surface area contributed by atoms with Crippen LogP contribution in [0.2, 0.25) is 0 Å². The van der Waals surface area contributed by atoms with Crippen LogP contribution >= 0.6 is 27.3 Å². The summed E-state index contributed by atoms with van der Waals surface area (Å²) in [5.41, 5.74) is 1.79. The molecule has 0 aliphatic heterocycles. The minimum absolute atomic E-state index is 0.186. The summed E-state index contributed by atoms with van der Waals surface area (Å²) in [4.78, 5) is 12.8. The Labute approximate surface area is 133 Å². The Bertz CT molecular complexity index is 823. The van der Waals surface area contributed by atoms with E-state index in [1.54, 1.807) is 12.1 Å². The second-order valence-corrected chi connectivity index (χ2v) is 6.76. The number of amides is 1. The van der Waals surface area contributed by atoms with Crippen LogP contribution < -0.4 is 5.32 Å². The largest absolute Gasteiger partial charge is 0.321 e. The number of halogens is 2. The molecule has 2 nitrogen and oxygen atoms in total. The quantitative estimate of drug-likeness (QED) is 0.651. The maximum atomic E-state index is 13.2. The van der Waals surface area contributed by atoms with Crippen molar-refractivity contribution in [1.82, 2.24) is 0 Å². The van der Waals surface area contributed by atoms with E-state index in [1.807, 2.05) is 25.1 Å². The molecule has 0 unspecified atom stereocenters. The molecule has 0 radical (unpaired) electrons. The number of carbonyl (C=O) groups is 1. The van der Waals surface area contributed by atoms with E-state index >= 15 is 0 Å². The summed E-state index contributed by atoms with van der Waals surface area (Å²) in [5, 5.41) is 3.74. The fraction of sp³-hybridized carbons (Fsp3) is 0.0625. The Morgan fingerprint density at radius 1 is 1.19 bits per heavy atom. The molecule has 3 aromatic rings. The molecular formula is C16H11BrFNOS. The van der Waals surface area contributed by atoms with Crippen molar-refractivity contribution in [3.63, 3.8) is 0 Å². The first-order valence-electron chi connectivity index (χ1n) is 6.29. The molecule has 0 spiro atoms. The van der Waals surface area contributed by atoms with E-state index in [0.717, 1.165) is 25.8 Å². The summed E-state index contributed by atoms with van der Waals surface area (Å²) in [6, 6.07) is 12.0. The highest BCUT2D eigenvalue weighted by atomic mass is 79.9. The molecule has 1 heterocycles. The maximum Gasteiger partial charge on any atom is 0.265 e. The van der Waals surface area contributed by atoms with Crippen molar-refractivity contribution in [2.75, 3.05) is 5.32 Å². The third-order valence-electron chi connectivity index (χ3n) is 3.01. The normalized spacial score (nSPS) is 10.8. The van der Waals surface area contributed by atoms with Gasteiger partial charge in [0.2, 0.25) is 0 Å². The molecule has 0 atom stereocenters. The van der Waals surface area contributed by atoms with Gasteiger partial charge in [0.05, 0.1) is 4.88 Å². The smallest absolute Gasteiger partial charge is 0.265 e. The summed E-state index contributed by atoms with van der Waals surface area (Å²) >= 11 is 4.69. The molecule has 0 saturated carbocycles. The van der Waals surface area contributed by atoms with E-state index in [1.165, 1.54) is 23.5 Å². The average Bonchev–Trinajstić information content (AvgIpc) is 2.80. The minimum Gasteiger partial charge on any atom is -0.321 e. The molecular weight excluding hydrogens is 353 g/mol. The number of aryl methyl sites for hydroxylation is 1. The molecule has 106 valence electrons. The standard InChI is InChI=1S/C16H11BrFNOS/c1-9-4-11(17)7-13(5-9)19-16(20)15-6-10-2-3-12(18)8-14(10)21-15/h2-8H,1H3,(H,19,20). The van der Waals surface area contributed by atoms with Crippen LogP contribution in [-0.4, -0.2) is 5.91 Å². The first kappa shape index (κ1) is 14.2. The lowest BCUT2D eigenvalue weighted by molar-refractivity contribution is 0.103.